The van der Waals surface area contributed by atoms with E-state index in [4.69, 9.17) is 0 Å². The molecule has 2 heterocycles. The number of carbonyl (C=O) groups is 2. The third-order valence-corrected chi connectivity index (χ3v) is 4.62. The number of para-hydroxylation sites is 1. The Kier molecular flexibility index (Phi) is 4.99. The molecule has 0 radical (unpaired) electrons. The van der Waals surface area contributed by atoms with E-state index in [9.17, 15) is 9.59 Å². The van der Waals surface area contributed by atoms with Crippen LogP contribution >= 0.6 is 0 Å². The van der Waals surface area contributed by atoms with Gasteiger partial charge in [-0.05, 0) is 42.8 Å². The van der Waals surface area contributed by atoms with Crippen molar-refractivity contribution in [3.63, 3.8) is 0 Å². The number of pyridine rings is 2. The van der Waals surface area contributed by atoms with Crippen LogP contribution in [0.25, 0.3) is 22.2 Å². The van der Waals surface area contributed by atoms with E-state index in [0.29, 0.717) is 27.7 Å². The molecular formula is C23H18N4O2. The van der Waals surface area contributed by atoms with Crippen LogP contribution in [0.2, 0.25) is 0 Å². The number of carbonyl (C=O) groups excluding carboxylic acids is 2. The molecule has 0 aliphatic rings. The fourth-order valence-electron chi connectivity index (χ4n) is 3.11. The van der Waals surface area contributed by atoms with Crippen LogP contribution in [0.5, 0.6) is 0 Å². The van der Waals surface area contributed by atoms with Crippen molar-refractivity contribution in [3.8, 4) is 11.3 Å². The summed E-state index contributed by atoms with van der Waals surface area (Å²) >= 11 is 0. The summed E-state index contributed by atoms with van der Waals surface area (Å²) in [5.41, 5.74) is 8.96. The van der Waals surface area contributed by atoms with Gasteiger partial charge in [0.15, 0.2) is 0 Å². The lowest BCUT2D eigenvalue weighted by molar-refractivity contribution is 0.0847. The van der Waals surface area contributed by atoms with E-state index in [1.807, 2.05) is 55.5 Å². The Balaban J connectivity index is 1.65. The Hall–Kier alpha value is -4.06. The molecule has 2 aromatic heterocycles. The van der Waals surface area contributed by atoms with Crippen LogP contribution in [0.1, 0.15) is 26.3 Å². The lowest BCUT2D eigenvalue weighted by Gasteiger charge is -2.12. The van der Waals surface area contributed by atoms with Gasteiger partial charge in [0.1, 0.15) is 0 Å². The van der Waals surface area contributed by atoms with Crippen molar-refractivity contribution >= 4 is 22.7 Å². The zero-order valence-electron chi connectivity index (χ0n) is 15.7. The van der Waals surface area contributed by atoms with Crippen LogP contribution in [-0.4, -0.2) is 21.8 Å². The molecule has 0 saturated carbocycles. The minimum absolute atomic E-state index is 0.371. The number of amides is 2. The van der Waals surface area contributed by atoms with Crippen molar-refractivity contribution in [1.82, 2.24) is 20.8 Å². The van der Waals surface area contributed by atoms with Crippen LogP contribution in [0.4, 0.5) is 0 Å². The molecule has 0 aliphatic carbocycles. The van der Waals surface area contributed by atoms with Crippen molar-refractivity contribution in [3.05, 3.63) is 95.8 Å². The number of hydrogen-bond donors (Lipinski definition) is 2. The number of nitrogens with zero attached hydrogens (tertiary/aromatic N) is 2. The number of fused-ring (bicyclic) bond motifs is 1. The summed E-state index contributed by atoms with van der Waals surface area (Å²) in [6.07, 6.45) is 3.35. The Morgan fingerprint density at radius 2 is 1.45 bits per heavy atom. The van der Waals surface area contributed by atoms with Gasteiger partial charge in [-0.15, -0.1) is 0 Å². The Morgan fingerprint density at radius 1 is 0.793 bits per heavy atom. The number of benzene rings is 2. The second-order valence-electron chi connectivity index (χ2n) is 6.53. The average molecular weight is 382 g/mol. The lowest BCUT2D eigenvalue weighted by atomic mass is 10.0. The normalized spacial score (nSPS) is 10.5. The Morgan fingerprint density at radius 3 is 2.21 bits per heavy atom. The molecule has 2 amide bonds. The molecule has 29 heavy (non-hydrogen) atoms. The quantitative estimate of drug-likeness (QED) is 0.530. The van der Waals surface area contributed by atoms with E-state index in [2.05, 4.69) is 20.8 Å². The minimum Gasteiger partial charge on any atom is -0.267 e. The van der Waals surface area contributed by atoms with Crippen LogP contribution < -0.4 is 10.9 Å². The molecule has 2 N–H and O–H groups in total. The number of hydrazine groups is 1. The van der Waals surface area contributed by atoms with Crippen molar-refractivity contribution in [2.24, 2.45) is 0 Å². The SMILES string of the molecule is Cc1ccccc1C(=O)NNC(=O)c1cc(-c2ccncc2)nc2ccccc12. The molecule has 6 nitrogen and oxygen atoms in total. The highest BCUT2D eigenvalue weighted by atomic mass is 16.2. The standard InChI is InChI=1S/C23H18N4O2/c1-15-6-2-3-7-17(15)22(28)26-27-23(29)19-14-21(16-10-12-24-13-11-16)25-20-9-5-4-8-18(19)20/h2-14H,1H3,(H,26,28)(H,27,29). The summed E-state index contributed by atoms with van der Waals surface area (Å²) in [5.74, 6) is -0.787. The van der Waals surface area contributed by atoms with Gasteiger partial charge >= 0.3 is 0 Å². The lowest BCUT2D eigenvalue weighted by Crippen LogP contribution is -2.42. The van der Waals surface area contributed by atoms with E-state index in [0.717, 1.165) is 11.1 Å². The number of aromatic nitrogens is 2. The van der Waals surface area contributed by atoms with E-state index < -0.39 is 5.91 Å². The van der Waals surface area contributed by atoms with Crippen LogP contribution in [0, 0.1) is 6.92 Å². The number of nitrogens with one attached hydrogen (secondary N) is 2. The first-order chi connectivity index (χ1) is 14.1. The molecule has 0 aliphatic heterocycles. The van der Waals surface area contributed by atoms with Crippen LogP contribution in [0.15, 0.2) is 79.1 Å². The maximum atomic E-state index is 12.9. The predicted molar refractivity (Wildman–Crippen MR) is 111 cm³/mol. The van der Waals surface area contributed by atoms with Crippen LogP contribution in [-0.2, 0) is 0 Å². The summed E-state index contributed by atoms with van der Waals surface area (Å²) in [6.45, 7) is 1.84. The maximum absolute atomic E-state index is 12.9. The largest absolute Gasteiger partial charge is 0.270 e. The van der Waals surface area contributed by atoms with Gasteiger partial charge < -0.3 is 0 Å². The van der Waals surface area contributed by atoms with Crippen molar-refractivity contribution in [2.75, 3.05) is 0 Å². The summed E-state index contributed by atoms with van der Waals surface area (Å²) < 4.78 is 0. The fourth-order valence-corrected chi connectivity index (χ4v) is 3.11. The van der Waals surface area contributed by atoms with Gasteiger partial charge in [-0.1, -0.05) is 36.4 Å². The summed E-state index contributed by atoms with van der Waals surface area (Å²) in [6, 6.07) is 20.0. The highest BCUT2D eigenvalue weighted by molar-refractivity contribution is 6.08. The molecule has 0 bridgehead atoms. The third kappa shape index (κ3) is 3.82. The Bertz CT molecular complexity index is 1210. The minimum atomic E-state index is -0.416. The first-order valence-electron chi connectivity index (χ1n) is 9.10. The highest BCUT2D eigenvalue weighted by Crippen LogP contribution is 2.24. The topological polar surface area (TPSA) is 84.0 Å². The molecule has 6 heteroatoms. The van der Waals surface area contributed by atoms with E-state index >= 15 is 0 Å². The zero-order chi connectivity index (χ0) is 20.2. The number of rotatable bonds is 3. The van der Waals surface area contributed by atoms with Gasteiger partial charge in [-0.2, -0.15) is 0 Å². The molecule has 0 spiro atoms. The van der Waals surface area contributed by atoms with Gasteiger partial charge in [0.25, 0.3) is 11.8 Å². The van der Waals surface area contributed by atoms with Gasteiger partial charge in [0, 0.05) is 28.9 Å². The zero-order valence-corrected chi connectivity index (χ0v) is 15.7. The molecule has 0 saturated heterocycles. The number of hydrogen-bond acceptors (Lipinski definition) is 4. The van der Waals surface area contributed by atoms with Gasteiger partial charge in [0.2, 0.25) is 0 Å². The van der Waals surface area contributed by atoms with E-state index in [-0.39, 0.29) is 5.91 Å². The second kappa shape index (κ2) is 7.90. The van der Waals surface area contributed by atoms with Gasteiger partial charge in [-0.3, -0.25) is 25.4 Å². The summed E-state index contributed by atoms with van der Waals surface area (Å²) in [5, 5.41) is 0.702. The average Bonchev–Trinajstić information content (AvgIpc) is 2.77. The molecule has 2 aromatic carbocycles. The second-order valence-corrected chi connectivity index (χ2v) is 6.53. The van der Waals surface area contributed by atoms with Gasteiger partial charge in [-0.25, -0.2) is 4.98 Å². The molecular weight excluding hydrogens is 364 g/mol. The van der Waals surface area contributed by atoms with E-state index in [1.54, 1.807) is 30.6 Å². The first kappa shape index (κ1) is 18.3. The Labute approximate surface area is 167 Å². The molecule has 0 atom stereocenters. The molecule has 4 aromatic rings. The smallest absolute Gasteiger partial charge is 0.267 e. The summed E-state index contributed by atoms with van der Waals surface area (Å²) in [7, 11) is 0. The maximum Gasteiger partial charge on any atom is 0.270 e. The summed E-state index contributed by atoms with van der Waals surface area (Å²) in [4.78, 5) is 34.0. The van der Waals surface area contributed by atoms with Crippen molar-refractivity contribution < 1.29 is 9.59 Å². The van der Waals surface area contributed by atoms with Gasteiger partial charge in [0.05, 0.1) is 16.8 Å². The predicted octanol–water partition coefficient (Wildman–Crippen LogP) is 3.68. The van der Waals surface area contributed by atoms with E-state index in [1.165, 1.54) is 0 Å². The molecule has 142 valence electrons. The molecule has 0 fully saturated rings. The van der Waals surface area contributed by atoms with Crippen molar-refractivity contribution in [2.45, 2.75) is 6.92 Å². The highest BCUT2D eigenvalue weighted by Gasteiger charge is 2.15. The third-order valence-electron chi connectivity index (χ3n) is 4.62. The van der Waals surface area contributed by atoms with Crippen molar-refractivity contribution in [1.29, 1.82) is 0 Å². The molecule has 4 rings (SSSR count). The first-order valence-corrected chi connectivity index (χ1v) is 9.10. The molecule has 0 unspecified atom stereocenters. The monoisotopic (exact) mass is 382 g/mol. The van der Waals surface area contributed by atoms with Crippen LogP contribution in [0.3, 0.4) is 0 Å². The number of aryl methyl sites for hydroxylation is 1. The fraction of sp³-hybridized carbons (Fsp3) is 0.0435.